The highest BCUT2D eigenvalue weighted by molar-refractivity contribution is 8.02. The van der Waals surface area contributed by atoms with E-state index in [9.17, 15) is 0 Å². The van der Waals surface area contributed by atoms with Gasteiger partial charge in [-0.3, -0.25) is 0 Å². The van der Waals surface area contributed by atoms with Gasteiger partial charge >= 0.3 is 0 Å². The highest BCUT2D eigenvalue weighted by atomic mass is 32.2. The Balaban J connectivity index is 3.06. The second-order valence-corrected chi connectivity index (χ2v) is 2.65. The van der Waals surface area contributed by atoms with Crippen LogP contribution in [0.4, 0.5) is 0 Å². The molecule has 0 aromatic carbocycles. The van der Waals surface area contributed by atoms with Crippen LogP contribution in [0.15, 0.2) is 24.1 Å². The number of thioether (sulfide) groups is 1. The molecule has 0 atom stereocenters. The van der Waals surface area contributed by atoms with Gasteiger partial charge in [0, 0.05) is 13.1 Å². The lowest BCUT2D eigenvalue weighted by molar-refractivity contribution is 0.839. The van der Waals surface area contributed by atoms with Gasteiger partial charge in [-0.2, -0.15) is 0 Å². The van der Waals surface area contributed by atoms with Gasteiger partial charge in [0.15, 0.2) is 0 Å². The predicted octanol–water partition coefficient (Wildman–Crippen LogP) is 1.64. The summed E-state index contributed by atoms with van der Waals surface area (Å²) in [5, 5.41) is 3.15. The molecule has 0 radical (unpaired) electrons. The zero-order chi connectivity index (χ0) is 7.11. The van der Waals surface area contributed by atoms with Crippen molar-refractivity contribution < 1.29 is 0 Å². The molecule has 2 heteroatoms. The van der Waals surface area contributed by atoms with Crippen LogP contribution in [-0.4, -0.2) is 19.3 Å². The van der Waals surface area contributed by atoms with Gasteiger partial charge in [0.05, 0.1) is 0 Å². The maximum absolute atomic E-state index is 3.81. The number of hydrogen-bond acceptors (Lipinski definition) is 2. The lowest BCUT2D eigenvalue weighted by Crippen LogP contribution is -2.14. The third kappa shape index (κ3) is 5.66. The van der Waals surface area contributed by atoms with Gasteiger partial charge < -0.3 is 5.32 Å². The Morgan fingerprint density at radius 2 is 2.44 bits per heavy atom. The Bertz CT molecular complexity index is 99.1. The second kappa shape index (κ2) is 5.92. The zero-order valence-corrected chi connectivity index (χ0v) is 6.63. The zero-order valence-electron chi connectivity index (χ0n) is 5.81. The van der Waals surface area contributed by atoms with Crippen molar-refractivity contribution in [3.05, 3.63) is 24.1 Å². The summed E-state index contributed by atoms with van der Waals surface area (Å²) in [5.41, 5.74) is 0. The van der Waals surface area contributed by atoms with Crippen molar-refractivity contribution in [1.29, 1.82) is 0 Å². The van der Waals surface area contributed by atoms with E-state index in [1.807, 2.05) is 12.3 Å². The van der Waals surface area contributed by atoms with Crippen LogP contribution in [-0.2, 0) is 0 Å². The van der Waals surface area contributed by atoms with E-state index in [4.69, 9.17) is 0 Å². The van der Waals surface area contributed by atoms with Crippen LogP contribution >= 0.6 is 11.8 Å². The summed E-state index contributed by atoms with van der Waals surface area (Å²) < 4.78 is 0. The standard InChI is InChI=1S/C7H13NS/c1-4-5-8-6-7(2)9-3/h4,8H,1-2,5-6H2,3H3. The number of hydrogen-bond donors (Lipinski definition) is 1. The topological polar surface area (TPSA) is 12.0 Å². The molecule has 0 aliphatic carbocycles. The van der Waals surface area contributed by atoms with Crippen molar-refractivity contribution >= 4 is 11.8 Å². The fourth-order valence-electron chi connectivity index (χ4n) is 0.386. The number of rotatable bonds is 5. The van der Waals surface area contributed by atoms with E-state index >= 15 is 0 Å². The normalized spacial score (nSPS) is 9.00. The molecular weight excluding hydrogens is 130 g/mol. The summed E-state index contributed by atoms with van der Waals surface area (Å²) in [6.07, 6.45) is 3.87. The fraction of sp³-hybridized carbons (Fsp3) is 0.429. The highest BCUT2D eigenvalue weighted by Crippen LogP contribution is 2.04. The first-order valence-electron chi connectivity index (χ1n) is 2.84. The second-order valence-electron chi connectivity index (χ2n) is 1.66. The lowest BCUT2D eigenvalue weighted by atomic mass is 10.5. The minimum absolute atomic E-state index is 0.861. The molecule has 0 aliphatic rings. The van der Waals surface area contributed by atoms with Crippen LogP contribution in [0.5, 0.6) is 0 Å². The Morgan fingerprint density at radius 1 is 1.78 bits per heavy atom. The molecule has 0 aromatic rings. The van der Waals surface area contributed by atoms with E-state index in [1.165, 1.54) is 0 Å². The Morgan fingerprint density at radius 3 is 2.89 bits per heavy atom. The molecule has 0 saturated carbocycles. The molecule has 0 fully saturated rings. The van der Waals surface area contributed by atoms with Gasteiger partial charge in [-0.15, -0.1) is 18.3 Å². The van der Waals surface area contributed by atoms with Gasteiger partial charge in [0.1, 0.15) is 0 Å². The molecule has 0 spiro atoms. The molecular formula is C7H13NS. The summed E-state index contributed by atoms with van der Waals surface area (Å²) in [5.74, 6) is 0. The van der Waals surface area contributed by atoms with Gasteiger partial charge in [-0.05, 0) is 11.2 Å². The van der Waals surface area contributed by atoms with E-state index < -0.39 is 0 Å². The van der Waals surface area contributed by atoms with Crippen LogP contribution in [0.3, 0.4) is 0 Å². The highest BCUT2D eigenvalue weighted by Gasteiger charge is 1.86. The minimum atomic E-state index is 0.861. The Hall–Kier alpha value is -0.210. The minimum Gasteiger partial charge on any atom is -0.309 e. The monoisotopic (exact) mass is 143 g/mol. The molecule has 9 heavy (non-hydrogen) atoms. The van der Waals surface area contributed by atoms with Gasteiger partial charge in [-0.1, -0.05) is 12.7 Å². The molecule has 1 N–H and O–H groups in total. The average molecular weight is 143 g/mol. The molecule has 1 nitrogen and oxygen atoms in total. The lowest BCUT2D eigenvalue weighted by Gasteiger charge is -2.00. The van der Waals surface area contributed by atoms with Crippen molar-refractivity contribution in [3.63, 3.8) is 0 Å². The van der Waals surface area contributed by atoms with Gasteiger partial charge in [0.25, 0.3) is 0 Å². The third-order valence-corrected chi connectivity index (χ3v) is 1.62. The number of nitrogens with one attached hydrogen (secondary N) is 1. The summed E-state index contributed by atoms with van der Waals surface area (Å²) in [7, 11) is 0. The summed E-state index contributed by atoms with van der Waals surface area (Å²) >= 11 is 1.68. The van der Waals surface area contributed by atoms with Crippen LogP contribution in [0, 0.1) is 0 Å². The van der Waals surface area contributed by atoms with E-state index in [0.29, 0.717) is 0 Å². The van der Waals surface area contributed by atoms with Crippen LogP contribution < -0.4 is 5.32 Å². The maximum Gasteiger partial charge on any atom is 0.0262 e. The first kappa shape index (κ1) is 8.79. The van der Waals surface area contributed by atoms with E-state index in [1.54, 1.807) is 11.8 Å². The molecule has 0 aliphatic heterocycles. The summed E-state index contributed by atoms with van der Waals surface area (Å²) in [6, 6.07) is 0. The molecule has 52 valence electrons. The predicted molar refractivity (Wildman–Crippen MR) is 45.7 cm³/mol. The maximum atomic E-state index is 3.81. The average Bonchev–Trinajstić information content (AvgIpc) is 1.89. The first-order valence-corrected chi connectivity index (χ1v) is 4.07. The molecule has 0 heterocycles. The van der Waals surface area contributed by atoms with Gasteiger partial charge in [-0.25, -0.2) is 0 Å². The Kier molecular flexibility index (Phi) is 5.78. The molecule has 0 rings (SSSR count). The smallest absolute Gasteiger partial charge is 0.0262 e. The summed E-state index contributed by atoms with van der Waals surface area (Å²) in [4.78, 5) is 1.16. The van der Waals surface area contributed by atoms with Crippen molar-refractivity contribution in [2.75, 3.05) is 19.3 Å². The third-order valence-electron chi connectivity index (χ3n) is 0.900. The quantitative estimate of drug-likeness (QED) is 0.464. The first-order chi connectivity index (χ1) is 4.31. The Labute approximate surface area is 61.2 Å². The van der Waals surface area contributed by atoms with Crippen LogP contribution in [0.2, 0.25) is 0 Å². The van der Waals surface area contributed by atoms with Crippen molar-refractivity contribution in [2.24, 2.45) is 0 Å². The molecule has 0 amide bonds. The molecule has 0 aromatic heterocycles. The molecule has 0 saturated heterocycles. The van der Waals surface area contributed by atoms with Crippen molar-refractivity contribution in [3.8, 4) is 0 Å². The van der Waals surface area contributed by atoms with Crippen molar-refractivity contribution in [1.82, 2.24) is 5.32 Å². The van der Waals surface area contributed by atoms with Crippen molar-refractivity contribution in [2.45, 2.75) is 0 Å². The van der Waals surface area contributed by atoms with E-state index in [2.05, 4.69) is 18.5 Å². The van der Waals surface area contributed by atoms with E-state index in [0.717, 1.165) is 18.0 Å². The SMILES string of the molecule is C=CCNCC(=C)SC. The van der Waals surface area contributed by atoms with Gasteiger partial charge in [0.2, 0.25) is 0 Å². The van der Waals surface area contributed by atoms with E-state index in [-0.39, 0.29) is 0 Å². The molecule has 0 unspecified atom stereocenters. The van der Waals surface area contributed by atoms with Crippen LogP contribution in [0.1, 0.15) is 0 Å². The fourth-order valence-corrected chi connectivity index (χ4v) is 0.632. The molecule has 0 bridgehead atoms. The largest absolute Gasteiger partial charge is 0.309 e. The van der Waals surface area contributed by atoms with Crippen LogP contribution in [0.25, 0.3) is 0 Å². The summed E-state index contributed by atoms with van der Waals surface area (Å²) in [6.45, 7) is 9.14.